The lowest BCUT2D eigenvalue weighted by atomic mass is 9.91. The van der Waals surface area contributed by atoms with Gasteiger partial charge in [0.25, 0.3) is 0 Å². The zero-order valence-electron chi connectivity index (χ0n) is 16.5. The fourth-order valence-corrected chi connectivity index (χ4v) is 3.80. The number of hydrogen-bond donors (Lipinski definition) is 3. The molecule has 0 saturated heterocycles. The molecule has 1 saturated carbocycles. The number of rotatable bonds is 5. The van der Waals surface area contributed by atoms with Crippen molar-refractivity contribution >= 4 is 22.7 Å². The Morgan fingerprint density at radius 3 is 2.79 bits per heavy atom. The van der Waals surface area contributed by atoms with E-state index in [1.165, 1.54) is 12.8 Å². The van der Waals surface area contributed by atoms with Crippen molar-refractivity contribution in [3.63, 3.8) is 0 Å². The first-order chi connectivity index (χ1) is 13.5. The van der Waals surface area contributed by atoms with Gasteiger partial charge in [-0.05, 0) is 18.8 Å². The predicted molar refractivity (Wildman–Crippen MR) is 112 cm³/mol. The van der Waals surface area contributed by atoms with Gasteiger partial charge in [0.05, 0.1) is 17.1 Å². The number of nitrogens with two attached hydrogens (primary N) is 2. The number of nitrogens with one attached hydrogen (secondary N) is 1. The van der Waals surface area contributed by atoms with Crippen LogP contribution in [-0.2, 0) is 6.54 Å². The summed E-state index contributed by atoms with van der Waals surface area (Å²) in [5.74, 6) is 1.53. The molecular formula is C20H28N8. The van der Waals surface area contributed by atoms with E-state index in [1.807, 2.05) is 17.1 Å². The van der Waals surface area contributed by atoms with Crippen LogP contribution >= 0.6 is 0 Å². The van der Waals surface area contributed by atoms with Gasteiger partial charge in [0, 0.05) is 48.3 Å². The van der Waals surface area contributed by atoms with E-state index in [0.717, 1.165) is 41.4 Å². The van der Waals surface area contributed by atoms with Gasteiger partial charge in [-0.2, -0.15) is 5.10 Å². The maximum atomic E-state index is 6.27. The van der Waals surface area contributed by atoms with Gasteiger partial charge < -0.3 is 16.8 Å². The third-order valence-electron chi connectivity index (χ3n) is 5.28. The monoisotopic (exact) mass is 380 g/mol. The molecule has 0 spiro atoms. The summed E-state index contributed by atoms with van der Waals surface area (Å²) in [4.78, 5) is 13.6. The maximum Gasteiger partial charge on any atom is 0.223 e. The van der Waals surface area contributed by atoms with Gasteiger partial charge >= 0.3 is 0 Å². The van der Waals surface area contributed by atoms with E-state index < -0.39 is 0 Å². The molecule has 28 heavy (non-hydrogen) atoms. The maximum absolute atomic E-state index is 6.27. The molecule has 0 amide bonds. The molecule has 1 fully saturated rings. The van der Waals surface area contributed by atoms with Crippen LogP contribution in [-0.4, -0.2) is 36.8 Å². The number of aromatic nitrogens is 5. The zero-order valence-corrected chi connectivity index (χ0v) is 16.5. The summed E-state index contributed by atoms with van der Waals surface area (Å²) >= 11 is 0. The van der Waals surface area contributed by atoms with Crippen LogP contribution in [0.2, 0.25) is 0 Å². The molecule has 3 heterocycles. The summed E-state index contributed by atoms with van der Waals surface area (Å²) < 4.78 is 1.95. The number of hydrogen-bond acceptors (Lipinski definition) is 7. The minimum absolute atomic E-state index is 0.129. The van der Waals surface area contributed by atoms with Crippen molar-refractivity contribution in [3.05, 3.63) is 24.8 Å². The first-order valence-electron chi connectivity index (χ1n) is 9.97. The van der Waals surface area contributed by atoms with Gasteiger partial charge in [0.1, 0.15) is 5.82 Å². The van der Waals surface area contributed by atoms with Crippen LogP contribution in [0.3, 0.4) is 0 Å². The van der Waals surface area contributed by atoms with E-state index in [2.05, 4.69) is 34.2 Å². The number of anilines is 2. The fourth-order valence-electron chi connectivity index (χ4n) is 3.80. The lowest BCUT2D eigenvalue weighted by molar-refractivity contribution is 0.402. The highest BCUT2D eigenvalue weighted by atomic mass is 15.3. The molecule has 1 aliphatic rings. The Hall–Kier alpha value is -2.74. The van der Waals surface area contributed by atoms with Crippen LogP contribution in [0.5, 0.6) is 0 Å². The third kappa shape index (κ3) is 3.77. The van der Waals surface area contributed by atoms with Crippen LogP contribution in [0.4, 0.5) is 11.8 Å². The first kappa shape index (κ1) is 18.6. The van der Waals surface area contributed by atoms with Crippen LogP contribution in [0.15, 0.2) is 24.8 Å². The molecule has 4 rings (SSSR count). The van der Waals surface area contributed by atoms with Crippen molar-refractivity contribution < 1.29 is 0 Å². The highest BCUT2D eigenvalue weighted by Gasteiger charge is 2.22. The summed E-state index contributed by atoms with van der Waals surface area (Å²) in [6.45, 7) is 5.20. The largest absolute Gasteiger partial charge is 0.383 e. The van der Waals surface area contributed by atoms with Gasteiger partial charge in [-0.15, -0.1) is 0 Å². The van der Waals surface area contributed by atoms with Gasteiger partial charge in [-0.3, -0.25) is 4.68 Å². The lowest BCUT2D eigenvalue weighted by Gasteiger charge is -2.29. The van der Waals surface area contributed by atoms with Crippen LogP contribution in [0.25, 0.3) is 22.0 Å². The molecule has 1 aliphatic carbocycles. The molecule has 148 valence electrons. The second kappa shape index (κ2) is 7.71. The van der Waals surface area contributed by atoms with Crippen molar-refractivity contribution in [2.24, 2.45) is 11.7 Å². The van der Waals surface area contributed by atoms with Gasteiger partial charge in [-0.25, -0.2) is 15.0 Å². The summed E-state index contributed by atoms with van der Waals surface area (Å²) in [5, 5.41) is 8.64. The normalized spacial score (nSPS) is 20.0. The van der Waals surface area contributed by atoms with E-state index in [4.69, 9.17) is 16.5 Å². The Bertz CT molecular complexity index is 964. The Balaban J connectivity index is 1.70. The smallest absolute Gasteiger partial charge is 0.223 e. The Labute approximate surface area is 164 Å². The molecule has 0 aromatic carbocycles. The third-order valence-corrected chi connectivity index (χ3v) is 5.28. The van der Waals surface area contributed by atoms with E-state index in [0.29, 0.717) is 17.7 Å². The minimum Gasteiger partial charge on any atom is -0.383 e. The van der Waals surface area contributed by atoms with E-state index in [9.17, 15) is 0 Å². The van der Waals surface area contributed by atoms with E-state index in [-0.39, 0.29) is 12.1 Å². The van der Waals surface area contributed by atoms with Gasteiger partial charge in [0.15, 0.2) is 0 Å². The van der Waals surface area contributed by atoms with Crippen LogP contribution < -0.4 is 16.8 Å². The molecule has 0 aliphatic heterocycles. The predicted octanol–water partition coefficient (Wildman–Crippen LogP) is 2.81. The van der Waals surface area contributed by atoms with E-state index >= 15 is 0 Å². The molecule has 2 atom stereocenters. The molecule has 0 radical (unpaired) electrons. The fraction of sp³-hybridized carbons (Fsp3) is 0.500. The van der Waals surface area contributed by atoms with Gasteiger partial charge in [0.2, 0.25) is 5.95 Å². The zero-order chi connectivity index (χ0) is 19.7. The van der Waals surface area contributed by atoms with Gasteiger partial charge in [-0.1, -0.05) is 26.7 Å². The van der Waals surface area contributed by atoms with Crippen molar-refractivity contribution in [2.75, 3.05) is 11.1 Å². The first-order valence-corrected chi connectivity index (χ1v) is 9.97. The summed E-state index contributed by atoms with van der Waals surface area (Å²) in [6.07, 6.45) is 11.8. The minimum atomic E-state index is 0.129. The average molecular weight is 381 g/mol. The SMILES string of the molecule is CC(C)Cn1cc(-c2cnc(N)c3cnc(N[C@@H]4CCCC[C@@H]4N)nc23)cn1. The molecular weight excluding hydrogens is 352 g/mol. The standard InChI is InChI=1S/C20H28N8/c1-12(2)10-28-11-13(7-25-28)14-8-23-19(22)15-9-24-20(27-18(14)15)26-17-6-4-3-5-16(17)21/h7-9,11-12,16-17H,3-6,10,21H2,1-2H3,(H2,22,23)(H,24,26,27)/t16-,17+/m0/s1. The van der Waals surface area contributed by atoms with Crippen molar-refractivity contribution in [2.45, 2.75) is 58.2 Å². The summed E-state index contributed by atoms with van der Waals surface area (Å²) in [5.41, 5.74) is 15.0. The highest BCUT2D eigenvalue weighted by molar-refractivity contribution is 5.98. The van der Waals surface area contributed by atoms with Crippen LogP contribution in [0, 0.1) is 5.92 Å². The second-order valence-electron chi connectivity index (χ2n) is 8.06. The average Bonchev–Trinajstić information content (AvgIpc) is 3.11. The summed E-state index contributed by atoms with van der Waals surface area (Å²) in [6, 6.07) is 0.326. The van der Waals surface area contributed by atoms with Crippen molar-refractivity contribution in [1.82, 2.24) is 24.7 Å². The molecule has 8 nitrogen and oxygen atoms in total. The Morgan fingerprint density at radius 1 is 1.18 bits per heavy atom. The van der Waals surface area contributed by atoms with Crippen molar-refractivity contribution in [1.29, 1.82) is 0 Å². The summed E-state index contributed by atoms with van der Waals surface area (Å²) in [7, 11) is 0. The molecule has 0 unspecified atom stereocenters. The van der Waals surface area contributed by atoms with Crippen LogP contribution in [0.1, 0.15) is 39.5 Å². The molecule has 5 N–H and O–H groups in total. The number of nitrogens with zero attached hydrogens (tertiary/aromatic N) is 5. The Morgan fingerprint density at radius 2 is 2.00 bits per heavy atom. The van der Waals surface area contributed by atoms with E-state index in [1.54, 1.807) is 12.4 Å². The highest BCUT2D eigenvalue weighted by Crippen LogP contribution is 2.30. The Kier molecular flexibility index (Phi) is 5.13. The molecule has 3 aromatic heterocycles. The number of nitrogen functional groups attached to an aromatic ring is 1. The lowest BCUT2D eigenvalue weighted by Crippen LogP contribution is -2.42. The quantitative estimate of drug-likeness (QED) is 0.622. The number of fused-ring (bicyclic) bond motifs is 1. The molecule has 3 aromatic rings. The number of pyridine rings is 1. The second-order valence-corrected chi connectivity index (χ2v) is 8.06. The molecule has 0 bridgehead atoms. The van der Waals surface area contributed by atoms with Crippen molar-refractivity contribution in [3.8, 4) is 11.1 Å². The molecule has 8 heteroatoms. The topological polar surface area (TPSA) is 121 Å².